The van der Waals surface area contributed by atoms with Gasteiger partial charge in [0.1, 0.15) is 0 Å². The summed E-state index contributed by atoms with van der Waals surface area (Å²) in [5, 5.41) is 0. The monoisotopic (exact) mass is 130 g/mol. The Labute approximate surface area is 58.0 Å². The van der Waals surface area contributed by atoms with Crippen molar-refractivity contribution in [3.63, 3.8) is 0 Å². The maximum Gasteiger partial charge on any atom is 0.00226 e. The summed E-state index contributed by atoms with van der Waals surface area (Å²) in [5.41, 5.74) is 5.57. The van der Waals surface area contributed by atoms with Crippen molar-refractivity contribution >= 4 is 0 Å². The van der Waals surface area contributed by atoms with Crippen molar-refractivity contribution in [1.29, 1.82) is 0 Å². The quantitative estimate of drug-likeness (QED) is 0.606. The average molecular weight is 130 g/mol. The molecule has 0 spiro atoms. The third kappa shape index (κ3) is 5.80. The summed E-state index contributed by atoms with van der Waals surface area (Å²) in [6, 6.07) is 0.346. The zero-order chi connectivity index (χ0) is 7.28. The van der Waals surface area contributed by atoms with E-state index >= 15 is 0 Å². The number of hydrogen-bond donors (Lipinski definition) is 1. The molecule has 0 rings (SSSR count). The summed E-state index contributed by atoms with van der Waals surface area (Å²) in [4.78, 5) is 2.27. The Morgan fingerprint density at radius 1 is 1.56 bits per heavy atom. The van der Waals surface area contributed by atoms with Gasteiger partial charge in [-0.25, -0.2) is 0 Å². The van der Waals surface area contributed by atoms with Crippen LogP contribution in [0.25, 0.3) is 0 Å². The predicted octanol–water partition coefficient (Wildman–Crippen LogP) is 0.675. The fourth-order valence-corrected chi connectivity index (χ4v) is 0.582. The third-order valence-electron chi connectivity index (χ3n) is 1.51. The summed E-state index contributed by atoms with van der Waals surface area (Å²) < 4.78 is 0. The van der Waals surface area contributed by atoms with Crippen molar-refractivity contribution in [2.45, 2.75) is 26.3 Å². The molecular weight excluding hydrogens is 112 g/mol. The molecule has 0 radical (unpaired) electrons. The van der Waals surface area contributed by atoms with Crippen LogP contribution in [-0.2, 0) is 0 Å². The minimum absolute atomic E-state index is 0.346. The Bertz CT molecular complexity index is 61.9. The lowest BCUT2D eigenvalue weighted by atomic mass is 10.2. The van der Waals surface area contributed by atoms with E-state index in [1.807, 2.05) is 6.92 Å². The van der Waals surface area contributed by atoms with Crippen LogP contribution >= 0.6 is 0 Å². The first-order valence-electron chi connectivity index (χ1n) is 3.61. The molecule has 1 atom stereocenters. The van der Waals surface area contributed by atoms with E-state index < -0.39 is 0 Å². The molecule has 56 valence electrons. The number of rotatable bonds is 4. The lowest BCUT2D eigenvalue weighted by Crippen LogP contribution is -2.25. The summed E-state index contributed by atoms with van der Waals surface area (Å²) in [6.07, 6.45) is 1.10. The van der Waals surface area contributed by atoms with E-state index in [1.165, 1.54) is 0 Å². The van der Waals surface area contributed by atoms with Gasteiger partial charge >= 0.3 is 0 Å². The Kier molecular flexibility index (Phi) is 4.72. The summed E-state index contributed by atoms with van der Waals surface area (Å²) in [6.45, 7) is 6.44. The Morgan fingerprint density at radius 3 is 2.44 bits per heavy atom. The Hall–Kier alpha value is -0.0800. The molecule has 0 bridgehead atoms. The van der Waals surface area contributed by atoms with E-state index in [1.54, 1.807) is 0 Å². The van der Waals surface area contributed by atoms with Crippen LogP contribution in [0.2, 0.25) is 0 Å². The minimum atomic E-state index is 0.346. The molecule has 0 aliphatic heterocycles. The largest absolute Gasteiger partial charge is 0.328 e. The maximum atomic E-state index is 5.57. The van der Waals surface area contributed by atoms with Crippen LogP contribution in [0.15, 0.2) is 0 Å². The highest BCUT2D eigenvalue weighted by molar-refractivity contribution is 4.55. The van der Waals surface area contributed by atoms with Crippen LogP contribution in [0.1, 0.15) is 20.3 Å². The SMILES string of the molecule is CCN(C)CCC(C)N. The molecule has 2 N–H and O–H groups in total. The van der Waals surface area contributed by atoms with Gasteiger partial charge in [0.05, 0.1) is 0 Å². The van der Waals surface area contributed by atoms with Gasteiger partial charge in [0.2, 0.25) is 0 Å². The first-order chi connectivity index (χ1) is 4.16. The van der Waals surface area contributed by atoms with Crippen molar-refractivity contribution in [1.82, 2.24) is 4.90 Å². The summed E-state index contributed by atoms with van der Waals surface area (Å²) in [5.74, 6) is 0. The first-order valence-corrected chi connectivity index (χ1v) is 3.61. The molecule has 9 heavy (non-hydrogen) atoms. The topological polar surface area (TPSA) is 29.3 Å². The second-order valence-corrected chi connectivity index (χ2v) is 2.66. The van der Waals surface area contributed by atoms with Crippen LogP contribution in [0, 0.1) is 0 Å². The molecule has 0 amide bonds. The minimum Gasteiger partial charge on any atom is -0.328 e. The van der Waals surface area contributed by atoms with Crippen molar-refractivity contribution in [3.8, 4) is 0 Å². The Balaban J connectivity index is 3.06. The number of hydrogen-bond acceptors (Lipinski definition) is 2. The third-order valence-corrected chi connectivity index (χ3v) is 1.51. The molecular formula is C7H18N2. The van der Waals surface area contributed by atoms with Gasteiger partial charge in [-0.3, -0.25) is 0 Å². The molecule has 0 aromatic rings. The molecule has 0 saturated carbocycles. The van der Waals surface area contributed by atoms with E-state index in [9.17, 15) is 0 Å². The van der Waals surface area contributed by atoms with E-state index in [-0.39, 0.29) is 0 Å². The van der Waals surface area contributed by atoms with Crippen molar-refractivity contribution in [3.05, 3.63) is 0 Å². The molecule has 0 saturated heterocycles. The van der Waals surface area contributed by atoms with Crippen LogP contribution in [0.5, 0.6) is 0 Å². The van der Waals surface area contributed by atoms with Crippen molar-refractivity contribution < 1.29 is 0 Å². The Morgan fingerprint density at radius 2 is 2.11 bits per heavy atom. The standard InChI is InChI=1S/C7H18N2/c1-4-9(3)6-5-7(2)8/h7H,4-6,8H2,1-3H3. The summed E-state index contributed by atoms with van der Waals surface area (Å²) >= 11 is 0. The van der Waals surface area contributed by atoms with Gasteiger partial charge < -0.3 is 10.6 Å². The molecule has 0 heterocycles. The highest BCUT2D eigenvalue weighted by atomic mass is 15.1. The normalized spacial score (nSPS) is 14.3. The van der Waals surface area contributed by atoms with Gasteiger partial charge in [0, 0.05) is 6.04 Å². The van der Waals surface area contributed by atoms with Crippen LogP contribution in [0.3, 0.4) is 0 Å². The second kappa shape index (κ2) is 4.77. The molecule has 2 heteroatoms. The van der Waals surface area contributed by atoms with Gasteiger partial charge in [-0.2, -0.15) is 0 Å². The van der Waals surface area contributed by atoms with Gasteiger partial charge in [0.15, 0.2) is 0 Å². The van der Waals surface area contributed by atoms with Crippen LogP contribution < -0.4 is 5.73 Å². The smallest absolute Gasteiger partial charge is 0.00226 e. The molecule has 1 unspecified atom stereocenters. The van der Waals surface area contributed by atoms with Gasteiger partial charge in [-0.1, -0.05) is 6.92 Å². The molecule has 0 aromatic carbocycles. The zero-order valence-electron chi connectivity index (χ0n) is 6.72. The molecule has 0 fully saturated rings. The van der Waals surface area contributed by atoms with Crippen LogP contribution in [-0.4, -0.2) is 31.1 Å². The van der Waals surface area contributed by atoms with Gasteiger partial charge in [-0.15, -0.1) is 0 Å². The second-order valence-electron chi connectivity index (χ2n) is 2.66. The highest BCUT2D eigenvalue weighted by Crippen LogP contribution is 1.89. The number of nitrogens with two attached hydrogens (primary N) is 1. The lowest BCUT2D eigenvalue weighted by Gasteiger charge is -2.14. The molecule has 0 aliphatic carbocycles. The number of nitrogens with zero attached hydrogens (tertiary/aromatic N) is 1. The van der Waals surface area contributed by atoms with E-state index in [4.69, 9.17) is 5.73 Å². The van der Waals surface area contributed by atoms with Gasteiger partial charge in [-0.05, 0) is 33.5 Å². The lowest BCUT2D eigenvalue weighted by molar-refractivity contribution is 0.337. The van der Waals surface area contributed by atoms with Crippen molar-refractivity contribution in [2.24, 2.45) is 5.73 Å². The zero-order valence-corrected chi connectivity index (χ0v) is 6.72. The summed E-state index contributed by atoms with van der Waals surface area (Å²) in [7, 11) is 2.11. The van der Waals surface area contributed by atoms with Gasteiger partial charge in [0.25, 0.3) is 0 Å². The average Bonchev–Trinajstić information content (AvgIpc) is 1.83. The predicted molar refractivity (Wildman–Crippen MR) is 41.4 cm³/mol. The maximum absolute atomic E-state index is 5.57. The molecule has 0 aromatic heterocycles. The molecule has 0 aliphatic rings. The van der Waals surface area contributed by atoms with E-state index in [0.717, 1.165) is 19.5 Å². The first kappa shape index (κ1) is 8.92. The highest BCUT2D eigenvalue weighted by Gasteiger charge is 1.96. The van der Waals surface area contributed by atoms with E-state index in [0.29, 0.717) is 6.04 Å². The van der Waals surface area contributed by atoms with Crippen molar-refractivity contribution in [2.75, 3.05) is 20.1 Å². The van der Waals surface area contributed by atoms with E-state index in [2.05, 4.69) is 18.9 Å². The molecule has 2 nitrogen and oxygen atoms in total. The fraction of sp³-hybridized carbons (Fsp3) is 1.00. The fourth-order valence-electron chi connectivity index (χ4n) is 0.582. The van der Waals surface area contributed by atoms with Crippen LogP contribution in [0.4, 0.5) is 0 Å².